The highest BCUT2D eigenvalue weighted by Gasteiger charge is 2.24. The van der Waals surface area contributed by atoms with Gasteiger partial charge in [-0.05, 0) is 40.9 Å². The topological polar surface area (TPSA) is 30.5 Å². The largest absolute Gasteiger partial charge is 0.495 e. The van der Waals surface area contributed by atoms with Crippen LogP contribution in [0.1, 0.15) is 25.7 Å². The van der Waals surface area contributed by atoms with Crippen LogP contribution in [-0.4, -0.2) is 26.4 Å². The number of rotatable bonds is 4. The molecule has 0 spiro atoms. The Bertz CT molecular complexity index is 397. The number of anilines is 1. The monoisotopic (exact) mass is 313 g/mol. The molecule has 1 saturated carbocycles. The van der Waals surface area contributed by atoms with E-state index in [2.05, 4.69) is 27.3 Å². The summed E-state index contributed by atoms with van der Waals surface area (Å²) >= 11 is 3.46. The summed E-state index contributed by atoms with van der Waals surface area (Å²) in [6.45, 7) is 0. The van der Waals surface area contributed by atoms with Gasteiger partial charge in [0.15, 0.2) is 0 Å². The lowest BCUT2D eigenvalue weighted by Crippen LogP contribution is -2.37. The number of hydrogen-bond donors (Lipinski definition) is 1. The second kappa shape index (κ2) is 6.43. The van der Waals surface area contributed by atoms with Gasteiger partial charge < -0.3 is 14.8 Å². The molecular formula is C14H20BrNO2. The second-order valence-electron chi connectivity index (χ2n) is 4.66. The molecule has 100 valence electrons. The third-order valence-corrected chi connectivity index (χ3v) is 4.16. The molecule has 1 aromatic carbocycles. The standard InChI is InChI=1S/C14H20BrNO2/c1-17-13-6-4-3-5-12(13)16-10-7-8-11(15)14(9-10)18-2/h7-9,12-13,16H,3-6H2,1-2H3. The van der Waals surface area contributed by atoms with Crippen molar-refractivity contribution < 1.29 is 9.47 Å². The van der Waals surface area contributed by atoms with Crippen molar-refractivity contribution in [1.82, 2.24) is 0 Å². The van der Waals surface area contributed by atoms with Gasteiger partial charge in [0.2, 0.25) is 0 Å². The summed E-state index contributed by atoms with van der Waals surface area (Å²) in [5, 5.41) is 3.56. The molecule has 0 aromatic heterocycles. The molecule has 3 nitrogen and oxygen atoms in total. The Kier molecular flexibility index (Phi) is 4.89. The Balaban J connectivity index is 2.07. The molecule has 4 heteroatoms. The molecule has 0 saturated heterocycles. The highest BCUT2D eigenvalue weighted by molar-refractivity contribution is 9.10. The first-order chi connectivity index (χ1) is 8.74. The van der Waals surface area contributed by atoms with Gasteiger partial charge in [-0.3, -0.25) is 0 Å². The molecule has 1 fully saturated rings. The van der Waals surface area contributed by atoms with Crippen LogP contribution in [0.15, 0.2) is 22.7 Å². The van der Waals surface area contributed by atoms with E-state index in [4.69, 9.17) is 9.47 Å². The van der Waals surface area contributed by atoms with Crippen LogP contribution in [0.4, 0.5) is 5.69 Å². The molecule has 0 radical (unpaired) electrons. The normalized spacial score (nSPS) is 23.7. The van der Waals surface area contributed by atoms with Crippen molar-refractivity contribution in [3.8, 4) is 5.75 Å². The third-order valence-electron chi connectivity index (χ3n) is 3.51. The van der Waals surface area contributed by atoms with Crippen LogP contribution in [0.5, 0.6) is 5.75 Å². The molecular weight excluding hydrogens is 294 g/mol. The van der Waals surface area contributed by atoms with Gasteiger partial charge in [-0.25, -0.2) is 0 Å². The number of halogens is 1. The Hall–Kier alpha value is -0.740. The molecule has 1 aromatic rings. The predicted molar refractivity (Wildman–Crippen MR) is 77.4 cm³/mol. The van der Waals surface area contributed by atoms with E-state index in [-0.39, 0.29) is 0 Å². The summed E-state index contributed by atoms with van der Waals surface area (Å²) in [4.78, 5) is 0. The summed E-state index contributed by atoms with van der Waals surface area (Å²) in [5.41, 5.74) is 1.09. The molecule has 0 heterocycles. The average Bonchev–Trinajstić information content (AvgIpc) is 2.41. The van der Waals surface area contributed by atoms with E-state index in [0.717, 1.165) is 28.8 Å². The maximum atomic E-state index is 5.55. The van der Waals surface area contributed by atoms with Crippen LogP contribution in [0, 0.1) is 0 Å². The van der Waals surface area contributed by atoms with E-state index in [0.29, 0.717) is 12.1 Å². The van der Waals surface area contributed by atoms with E-state index in [1.807, 2.05) is 12.1 Å². The summed E-state index contributed by atoms with van der Waals surface area (Å²) in [7, 11) is 3.48. The molecule has 0 amide bonds. The van der Waals surface area contributed by atoms with Crippen molar-refractivity contribution in [2.45, 2.75) is 37.8 Å². The Morgan fingerprint density at radius 2 is 2.00 bits per heavy atom. The average molecular weight is 314 g/mol. The van der Waals surface area contributed by atoms with Gasteiger partial charge in [0, 0.05) is 18.9 Å². The van der Waals surface area contributed by atoms with E-state index in [1.54, 1.807) is 14.2 Å². The fraction of sp³-hybridized carbons (Fsp3) is 0.571. The zero-order valence-corrected chi connectivity index (χ0v) is 12.5. The minimum atomic E-state index is 0.313. The molecule has 2 rings (SSSR count). The maximum absolute atomic E-state index is 5.55. The summed E-state index contributed by atoms with van der Waals surface area (Å²) in [6.07, 6.45) is 5.15. The summed E-state index contributed by atoms with van der Waals surface area (Å²) in [6, 6.07) is 6.49. The predicted octanol–water partition coefficient (Wildman–Crippen LogP) is 3.83. The number of methoxy groups -OCH3 is 2. The van der Waals surface area contributed by atoms with Crippen LogP contribution in [0.3, 0.4) is 0 Å². The quantitative estimate of drug-likeness (QED) is 0.916. The number of ether oxygens (including phenoxy) is 2. The maximum Gasteiger partial charge on any atom is 0.135 e. The zero-order valence-electron chi connectivity index (χ0n) is 10.9. The molecule has 1 aliphatic rings. The van der Waals surface area contributed by atoms with Crippen molar-refractivity contribution in [2.24, 2.45) is 0 Å². The minimum absolute atomic E-state index is 0.313. The molecule has 1 aliphatic carbocycles. The van der Waals surface area contributed by atoms with Crippen molar-refractivity contribution in [1.29, 1.82) is 0 Å². The fourth-order valence-electron chi connectivity index (χ4n) is 2.51. The van der Waals surface area contributed by atoms with Crippen LogP contribution in [0.25, 0.3) is 0 Å². The van der Waals surface area contributed by atoms with Crippen LogP contribution in [-0.2, 0) is 4.74 Å². The van der Waals surface area contributed by atoms with E-state index in [1.165, 1.54) is 12.8 Å². The first-order valence-corrected chi connectivity index (χ1v) is 7.16. The fourth-order valence-corrected chi connectivity index (χ4v) is 2.92. The first-order valence-electron chi connectivity index (χ1n) is 6.37. The minimum Gasteiger partial charge on any atom is -0.495 e. The lowest BCUT2D eigenvalue weighted by atomic mass is 9.92. The van der Waals surface area contributed by atoms with Crippen LogP contribution >= 0.6 is 15.9 Å². The second-order valence-corrected chi connectivity index (χ2v) is 5.51. The van der Waals surface area contributed by atoms with Gasteiger partial charge in [0.1, 0.15) is 5.75 Å². The highest BCUT2D eigenvalue weighted by atomic mass is 79.9. The number of nitrogens with one attached hydrogen (secondary N) is 1. The Labute approximate surface area is 117 Å². The zero-order chi connectivity index (χ0) is 13.0. The molecule has 18 heavy (non-hydrogen) atoms. The number of benzene rings is 1. The Morgan fingerprint density at radius 1 is 1.22 bits per heavy atom. The molecule has 1 N–H and O–H groups in total. The lowest BCUT2D eigenvalue weighted by Gasteiger charge is -2.31. The number of hydrogen-bond acceptors (Lipinski definition) is 3. The molecule has 0 aliphatic heterocycles. The summed E-state index contributed by atoms with van der Waals surface area (Å²) in [5.74, 6) is 0.852. The summed E-state index contributed by atoms with van der Waals surface area (Å²) < 4.78 is 11.8. The molecule has 2 atom stereocenters. The van der Waals surface area contributed by atoms with Crippen molar-refractivity contribution in [3.63, 3.8) is 0 Å². The van der Waals surface area contributed by atoms with Gasteiger partial charge in [-0.15, -0.1) is 0 Å². The third kappa shape index (κ3) is 3.18. The van der Waals surface area contributed by atoms with Crippen LogP contribution < -0.4 is 10.1 Å². The van der Waals surface area contributed by atoms with Crippen LogP contribution in [0.2, 0.25) is 0 Å². The van der Waals surface area contributed by atoms with Gasteiger partial charge >= 0.3 is 0 Å². The van der Waals surface area contributed by atoms with Gasteiger partial charge in [-0.1, -0.05) is 12.8 Å². The van der Waals surface area contributed by atoms with Crippen molar-refractivity contribution >= 4 is 21.6 Å². The Morgan fingerprint density at radius 3 is 2.72 bits per heavy atom. The van der Waals surface area contributed by atoms with Gasteiger partial charge in [0.25, 0.3) is 0 Å². The first kappa shape index (κ1) is 13.7. The SMILES string of the molecule is COc1cc(NC2CCCCC2OC)ccc1Br. The van der Waals surface area contributed by atoms with Gasteiger partial charge in [0.05, 0.1) is 23.7 Å². The van der Waals surface area contributed by atoms with Gasteiger partial charge in [-0.2, -0.15) is 0 Å². The van der Waals surface area contributed by atoms with Crippen molar-refractivity contribution in [2.75, 3.05) is 19.5 Å². The lowest BCUT2D eigenvalue weighted by molar-refractivity contribution is 0.0606. The molecule has 0 bridgehead atoms. The van der Waals surface area contributed by atoms with E-state index >= 15 is 0 Å². The molecule has 2 unspecified atom stereocenters. The van der Waals surface area contributed by atoms with E-state index < -0.39 is 0 Å². The smallest absolute Gasteiger partial charge is 0.135 e. The highest BCUT2D eigenvalue weighted by Crippen LogP contribution is 2.30. The van der Waals surface area contributed by atoms with E-state index in [9.17, 15) is 0 Å². The van der Waals surface area contributed by atoms with Crippen molar-refractivity contribution in [3.05, 3.63) is 22.7 Å².